The van der Waals surface area contributed by atoms with E-state index >= 15 is 0 Å². The minimum atomic E-state index is -0.511. The van der Waals surface area contributed by atoms with Crippen molar-refractivity contribution in [2.45, 2.75) is 32.8 Å². The molecule has 1 fully saturated rings. The van der Waals surface area contributed by atoms with Crippen molar-refractivity contribution in [1.82, 2.24) is 14.7 Å². The summed E-state index contributed by atoms with van der Waals surface area (Å²) in [5.41, 5.74) is 1.00. The van der Waals surface area contributed by atoms with Crippen LogP contribution in [-0.4, -0.2) is 39.8 Å². The van der Waals surface area contributed by atoms with Crippen molar-refractivity contribution in [3.8, 4) is 5.88 Å². The number of ether oxygens (including phenoxy) is 1. The minimum Gasteiger partial charge on any atom is -0.463 e. The van der Waals surface area contributed by atoms with Gasteiger partial charge in [-0.1, -0.05) is 19.1 Å². The fraction of sp³-hybridized carbons (Fsp3) is 0.529. The van der Waals surface area contributed by atoms with Crippen molar-refractivity contribution in [1.29, 1.82) is 0 Å². The molecule has 1 saturated heterocycles. The molecule has 5 heteroatoms. The molecule has 5 nitrogen and oxygen atoms in total. The summed E-state index contributed by atoms with van der Waals surface area (Å²) in [5, 5.41) is 5.34. The van der Waals surface area contributed by atoms with Gasteiger partial charge in [-0.05, 0) is 37.8 Å². The maximum Gasteiger partial charge on any atom is 0.263 e. The molecule has 0 aliphatic carbocycles. The van der Waals surface area contributed by atoms with Crippen LogP contribution in [0.3, 0.4) is 0 Å². The average Bonchev–Trinajstić information content (AvgIpc) is 2.83. The van der Waals surface area contributed by atoms with E-state index in [0.29, 0.717) is 11.8 Å². The third-order valence-electron chi connectivity index (χ3n) is 4.33. The van der Waals surface area contributed by atoms with Crippen LogP contribution >= 0.6 is 0 Å². The quantitative estimate of drug-likeness (QED) is 0.875. The van der Waals surface area contributed by atoms with Crippen molar-refractivity contribution in [3.05, 3.63) is 24.3 Å². The maximum atomic E-state index is 12.6. The van der Waals surface area contributed by atoms with Gasteiger partial charge in [-0.15, -0.1) is 5.10 Å². The highest BCUT2D eigenvalue weighted by molar-refractivity contribution is 5.86. The third kappa shape index (κ3) is 2.80. The van der Waals surface area contributed by atoms with E-state index in [9.17, 15) is 4.79 Å². The van der Waals surface area contributed by atoms with Crippen LogP contribution in [0.5, 0.6) is 5.88 Å². The summed E-state index contributed by atoms with van der Waals surface area (Å²) >= 11 is 0. The van der Waals surface area contributed by atoms with Crippen molar-refractivity contribution < 1.29 is 9.53 Å². The van der Waals surface area contributed by atoms with Crippen molar-refractivity contribution in [2.24, 2.45) is 13.0 Å². The number of aryl methyl sites for hydroxylation is 1. The van der Waals surface area contributed by atoms with E-state index in [4.69, 9.17) is 4.74 Å². The number of piperidine rings is 1. The number of hydrogen-bond acceptors (Lipinski definition) is 3. The number of rotatable bonds is 3. The molecular weight excluding hydrogens is 278 g/mol. The van der Waals surface area contributed by atoms with Gasteiger partial charge in [0.25, 0.3) is 5.91 Å². The Bertz CT molecular complexity index is 680. The predicted octanol–water partition coefficient (Wildman–Crippen LogP) is 2.60. The Morgan fingerprint density at radius 2 is 2.18 bits per heavy atom. The number of amides is 1. The molecule has 1 aromatic carbocycles. The first-order valence-electron chi connectivity index (χ1n) is 7.93. The summed E-state index contributed by atoms with van der Waals surface area (Å²) in [5.74, 6) is 1.16. The number of aromatic nitrogens is 2. The smallest absolute Gasteiger partial charge is 0.263 e. The highest BCUT2D eigenvalue weighted by Crippen LogP contribution is 2.25. The summed E-state index contributed by atoms with van der Waals surface area (Å²) in [6, 6.07) is 7.89. The van der Waals surface area contributed by atoms with Crippen LogP contribution in [0.1, 0.15) is 26.7 Å². The molecule has 1 aliphatic rings. The summed E-state index contributed by atoms with van der Waals surface area (Å²) in [6.07, 6.45) is 1.76. The Morgan fingerprint density at radius 1 is 1.41 bits per heavy atom. The predicted molar refractivity (Wildman–Crippen MR) is 85.8 cm³/mol. The van der Waals surface area contributed by atoms with Crippen molar-refractivity contribution >= 4 is 16.8 Å². The van der Waals surface area contributed by atoms with Crippen LogP contribution in [0.2, 0.25) is 0 Å². The maximum absolute atomic E-state index is 12.6. The van der Waals surface area contributed by atoms with E-state index in [1.54, 1.807) is 4.68 Å². The first-order valence-corrected chi connectivity index (χ1v) is 7.93. The Balaban J connectivity index is 1.75. The standard InChI is InChI=1S/C17H23N3O2/c1-12-7-6-10-20(11-12)17(21)13(2)22-16-14-8-4-5-9-15(14)19(3)18-16/h4-5,8-9,12-13H,6-7,10-11H2,1-3H3/t12-,13-/m0/s1. The number of nitrogens with zero attached hydrogens (tertiary/aromatic N) is 3. The zero-order chi connectivity index (χ0) is 15.7. The van der Waals surface area contributed by atoms with Gasteiger partial charge < -0.3 is 9.64 Å². The molecule has 0 unspecified atom stereocenters. The van der Waals surface area contributed by atoms with E-state index < -0.39 is 6.10 Å². The normalized spacial score (nSPS) is 20.1. The second kappa shape index (κ2) is 5.99. The van der Waals surface area contributed by atoms with Gasteiger partial charge in [-0.3, -0.25) is 9.48 Å². The van der Waals surface area contributed by atoms with Gasteiger partial charge in [0, 0.05) is 20.1 Å². The molecular formula is C17H23N3O2. The first-order chi connectivity index (χ1) is 10.6. The lowest BCUT2D eigenvalue weighted by Gasteiger charge is -2.32. The molecule has 0 spiro atoms. The zero-order valence-corrected chi connectivity index (χ0v) is 13.5. The summed E-state index contributed by atoms with van der Waals surface area (Å²) in [7, 11) is 1.88. The van der Waals surface area contributed by atoms with Crippen LogP contribution in [0.25, 0.3) is 10.9 Å². The minimum absolute atomic E-state index is 0.0567. The Morgan fingerprint density at radius 3 is 2.95 bits per heavy atom. The lowest BCUT2D eigenvalue weighted by atomic mass is 10.00. The van der Waals surface area contributed by atoms with Crippen LogP contribution in [0.15, 0.2) is 24.3 Å². The molecule has 0 bridgehead atoms. The van der Waals surface area contributed by atoms with E-state index in [2.05, 4.69) is 12.0 Å². The van der Waals surface area contributed by atoms with Crippen LogP contribution in [0, 0.1) is 5.92 Å². The fourth-order valence-corrected chi connectivity index (χ4v) is 3.13. The molecule has 3 rings (SSSR count). The number of likely N-dealkylation sites (tertiary alicyclic amines) is 1. The second-order valence-electron chi connectivity index (χ2n) is 6.24. The molecule has 0 saturated carbocycles. The van der Waals surface area contributed by atoms with Crippen molar-refractivity contribution in [2.75, 3.05) is 13.1 Å². The molecule has 0 radical (unpaired) electrons. The van der Waals surface area contributed by atoms with Gasteiger partial charge in [0.05, 0.1) is 10.9 Å². The molecule has 1 amide bonds. The molecule has 22 heavy (non-hydrogen) atoms. The number of benzene rings is 1. The SMILES string of the molecule is C[C@H]1CCCN(C(=O)[C@H](C)Oc2nn(C)c3ccccc23)C1. The Kier molecular flexibility index (Phi) is 4.05. The molecule has 1 aliphatic heterocycles. The molecule has 118 valence electrons. The van der Waals surface area contributed by atoms with Gasteiger partial charge >= 0.3 is 0 Å². The highest BCUT2D eigenvalue weighted by Gasteiger charge is 2.27. The number of fused-ring (bicyclic) bond motifs is 1. The van der Waals surface area contributed by atoms with Crippen LogP contribution in [-0.2, 0) is 11.8 Å². The molecule has 1 aromatic heterocycles. The summed E-state index contributed by atoms with van der Waals surface area (Å²) in [6.45, 7) is 5.66. The number of hydrogen-bond donors (Lipinski definition) is 0. The molecule has 0 N–H and O–H groups in total. The van der Waals surface area contributed by atoms with E-state index in [1.807, 2.05) is 43.1 Å². The molecule has 2 aromatic rings. The first kappa shape index (κ1) is 14.9. The number of carbonyl (C=O) groups excluding carboxylic acids is 1. The lowest BCUT2D eigenvalue weighted by Crippen LogP contribution is -2.45. The number of carbonyl (C=O) groups is 1. The average molecular weight is 301 g/mol. The van der Waals surface area contributed by atoms with Crippen molar-refractivity contribution in [3.63, 3.8) is 0 Å². The largest absolute Gasteiger partial charge is 0.463 e. The van der Waals surface area contributed by atoms with Gasteiger partial charge in [0.15, 0.2) is 6.10 Å². The topological polar surface area (TPSA) is 47.4 Å². The van der Waals surface area contributed by atoms with Crippen LogP contribution in [0.4, 0.5) is 0 Å². The Labute approximate surface area is 130 Å². The van der Waals surface area contributed by atoms with E-state index in [-0.39, 0.29) is 5.91 Å². The van der Waals surface area contributed by atoms with Crippen LogP contribution < -0.4 is 4.74 Å². The molecule has 2 heterocycles. The third-order valence-corrected chi connectivity index (χ3v) is 4.33. The highest BCUT2D eigenvalue weighted by atomic mass is 16.5. The second-order valence-corrected chi connectivity index (χ2v) is 6.24. The molecule has 2 atom stereocenters. The lowest BCUT2D eigenvalue weighted by molar-refractivity contribution is -0.139. The monoisotopic (exact) mass is 301 g/mol. The fourth-order valence-electron chi connectivity index (χ4n) is 3.13. The van der Waals surface area contributed by atoms with Gasteiger partial charge in [-0.2, -0.15) is 0 Å². The van der Waals surface area contributed by atoms with E-state index in [0.717, 1.165) is 30.4 Å². The van der Waals surface area contributed by atoms with E-state index in [1.165, 1.54) is 6.42 Å². The zero-order valence-electron chi connectivity index (χ0n) is 13.5. The van der Waals surface area contributed by atoms with Gasteiger partial charge in [-0.25, -0.2) is 0 Å². The van der Waals surface area contributed by atoms with Gasteiger partial charge in [0.1, 0.15) is 0 Å². The number of para-hydroxylation sites is 1. The summed E-state index contributed by atoms with van der Waals surface area (Å²) < 4.78 is 7.66. The van der Waals surface area contributed by atoms with Gasteiger partial charge in [0.2, 0.25) is 5.88 Å². The summed E-state index contributed by atoms with van der Waals surface area (Å²) in [4.78, 5) is 14.5. The Hall–Kier alpha value is -2.04.